The molecule has 7 aromatic rings. The van der Waals surface area contributed by atoms with Crippen molar-refractivity contribution in [1.82, 2.24) is 9.97 Å². The summed E-state index contributed by atoms with van der Waals surface area (Å²) in [5.74, 6) is 0. The summed E-state index contributed by atoms with van der Waals surface area (Å²) in [6.07, 6.45) is 7.35. The maximum Gasteiger partial charge on any atom is 0.152 e. The van der Waals surface area contributed by atoms with Crippen LogP contribution in [0.15, 0.2) is 143 Å². The van der Waals surface area contributed by atoms with Gasteiger partial charge in [0.15, 0.2) is 6.29 Å². The van der Waals surface area contributed by atoms with Crippen LogP contribution in [0.25, 0.3) is 44.8 Å². The number of H-pyrrole nitrogens is 2. The molecule has 0 amide bonds. The first kappa shape index (κ1) is 39.3. The Morgan fingerprint density at radius 1 is 0.548 bits per heavy atom. The lowest BCUT2D eigenvalue weighted by Crippen LogP contribution is -2.16. The third-order valence-corrected chi connectivity index (χ3v) is 12.7. The summed E-state index contributed by atoms with van der Waals surface area (Å²) < 4.78 is 0. The molecular formula is C57H52N4O. The fourth-order valence-corrected chi connectivity index (χ4v) is 9.21. The summed E-state index contributed by atoms with van der Waals surface area (Å²) >= 11 is 0. The van der Waals surface area contributed by atoms with Gasteiger partial charge in [-0.3, -0.25) is 4.79 Å². The molecule has 8 bridgehead atoms. The highest BCUT2D eigenvalue weighted by molar-refractivity contribution is 6.30. The fourth-order valence-electron chi connectivity index (χ4n) is 9.21. The lowest BCUT2D eigenvalue weighted by Gasteiger charge is -2.21. The molecule has 3 aliphatic rings. The van der Waals surface area contributed by atoms with Gasteiger partial charge in [-0.1, -0.05) is 153 Å². The molecule has 62 heavy (non-hydrogen) atoms. The smallest absolute Gasteiger partial charge is 0.152 e. The van der Waals surface area contributed by atoms with E-state index in [4.69, 9.17) is 9.98 Å². The van der Waals surface area contributed by atoms with E-state index < -0.39 is 0 Å². The summed E-state index contributed by atoms with van der Waals surface area (Å²) in [5.41, 5.74) is 15.3. The molecule has 0 aliphatic carbocycles. The van der Waals surface area contributed by atoms with E-state index in [0.29, 0.717) is 11.3 Å². The van der Waals surface area contributed by atoms with Crippen LogP contribution in [-0.4, -0.2) is 22.0 Å². The van der Waals surface area contributed by atoms with Gasteiger partial charge in [-0.25, -0.2) is 9.98 Å². The van der Waals surface area contributed by atoms with Crippen molar-refractivity contribution in [1.29, 1.82) is 0 Å². The van der Waals surface area contributed by atoms with Crippen molar-refractivity contribution in [2.24, 2.45) is 9.98 Å². The van der Waals surface area contributed by atoms with Gasteiger partial charge in [0.05, 0.1) is 33.9 Å². The van der Waals surface area contributed by atoms with E-state index in [2.05, 4.69) is 200 Å². The quantitative estimate of drug-likeness (QED) is 0.171. The van der Waals surface area contributed by atoms with E-state index in [1.807, 2.05) is 6.07 Å². The van der Waals surface area contributed by atoms with E-state index in [9.17, 15) is 4.79 Å². The van der Waals surface area contributed by atoms with Gasteiger partial charge < -0.3 is 9.97 Å². The minimum absolute atomic E-state index is 0.00443. The first-order chi connectivity index (χ1) is 29.6. The normalized spacial score (nSPS) is 14.8. The van der Waals surface area contributed by atoms with E-state index in [1.54, 1.807) is 0 Å². The van der Waals surface area contributed by atoms with Crippen molar-refractivity contribution in [3.63, 3.8) is 0 Å². The second-order valence-electron chi connectivity index (χ2n) is 20.1. The Balaban J connectivity index is 1.38. The zero-order chi connectivity index (χ0) is 43.3. The number of allylic oxidation sites excluding steroid dienone is 2. The van der Waals surface area contributed by atoms with Crippen LogP contribution in [0.5, 0.6) is 0 Å². The third-order valence-electron chi connectivity index (χ3n) is 12.7. The maximum absolute atomic E-state index is 13.2. The molecule has 5 nitrogen and oxygen atoms in total. The van der Waals surface area contributed by atoms with Crippen molar-refractivity contribution in [3.8, 4) is 11.1 Å². The SMILES string of the molecule is CC(C)(C)c1ccc(C2=C3C=CC(=N3)C(c3ccc(C(C)(C)C)cc3)=c3ccc([nH]3)=c3c4c(c(-c5ccccc5)c5cc(C(C)(C)C)ccc35)C=C(N=4)c3cc(C=O)c2[nH]3)cc1. The van der Waals surface area contributed by atoms with Crippen LogP contribution < -0.4 is 10.7 Å². The predicted octanol–water partition coefficient (Wildman–Crippen LogP) is 12.3. The van der Waals surface area contributed by atoms with E-state index in [0.717, 1.165) is 94.7 Å². The number of nitrogens with one attached hydrogen (secondary N) is 2. The van der Waals surface area contributed by atoms with Crippen LogP contribution in [0.2, 0.25) is 0 Å². The Morgan fingerprint density at radius 3 is 1.79 bits per heavy atom. The molecule has 2 aromatic heterocycles. The number of nitrogens with zero attached hydrogens (tertiary/aromatic N) is 2. The highest BCUT2D eigenvalue weighted by Gasteiger charge is 2.27. The Labute approximate surface area is 363 Å². The van der Waals surface area contributed by atoms with Crippen LogP contribution >= 0.6 is 0 Å². The number of hydrogen-bond donors (Lipinski definition) is 2. The monoisotopic (exact) mass is 808 g/mol. The lowest BCUT2D eigenvalue weighted by atomic mass is 9.83. The molecule has 0 fully saturated rings. The molecule has 5 aromatic carbocycles. The Kier molecular flexibility index (Phi) is 8.94. The highest BCUT2D eigenvalue weighted by Crippen LogP contribution is 2.40. The summed E-state index contributed by atoms with van der Waals surface area (Å²) in [6.45, 7) is 20.2. The number of fused-ring (bicyclic) bond motifs is 9. The standard InChI is InChI=1S/C57H52N4O/c1-55(2,3)37-19-15-34(16-20-37)50-43-25-27-45(58-43)51(35-17-21-38(22-18-35)56(4,5)6)53-36(32-62)29-47(60-53)48-31-42-49(33-13-11-10-12-14-33)41-30-39(57(7,8)9)23-24-40(41)52(54(42)61-48)46-28-26-44(50)59-46/h10-32,59-60H,1-9H3. The average molecular weight is 809 g/mol. The summed E-state index contributed by atoms with van der Waals surface area (Å²) in [4.78, 5) is 31.9. The van der Waals surface area contributed by atoms with Gasteiger partial charge in [-0.05, 0) is 108 Å². The van der Waals surface area contributed by atoms with Crippen molar-refractivity contribution >= 4 is 45.7 Å². The van der Waals surface area contributed by atoms with Gasteiger partial charge >= 0.3 is 0 Å². The number of aromatic amines is 2. The van der Waals surface area contributed by atoms with Crippen LogP contribution in [0.1, 0.15) is 117 Å². The highest BCUT2D eigenvalue weighted by atomic mass is 16.1. The van der Waals surface area contributed by atoms with Crippen molar-refractivity contribution in [2.45, 2.75) is 78.6 Å². The van der Waals surface area contributed by atoms with Gasteiger partial charge in [0.2, 0.25) is 0 Å². The average Bonchev–Trinajstić information content (AvgIpc) is 4.07. The second-order valence-corrected chi connectivity index (χ2v) is 20.1. The first-order valence-electron chi connectivity index (χ1n) is 21.7. The minimum Gasteiger partial charge on any atom is -0.354 e. The molecule has 0 saturated heterocycles. The van der Waals surface area contributed by atoms with Crippen LogP contribution in [0, 0.1) is 10.6 Å². The zero-order valence-corrected chi connectivity index (χ0v) is 37.1. The molecule has 0 unspecified atom stereocenters. The number of aliphatic imine (C=N–C) groups is 1. The Bertz CT molecular complexity index is 3360. The Morgan fingerprint density at radius 2 is 1.16 bits per heavy atom. The molecule has 5 heteroatoms. The molecule has 306 valence electrons. The molecule has 2 N–H and O–H groups in total. The largest absolute Gasteiger partial charge is 0.354 e. The number of aromatic nitrogens is 2. The van der Waals surface area contributed by atoms with Crippen molar-refractivity contribution in [3.05, 3.63) is 205 Å². The summed E-state index contributed by atoms with van der Waals surface area (Å²) in [7, 11) is 0. The second kappa shape index (κ2) is 14.1. The summed E-state index contributed by atoms with van der Waals surface area (Å²) in [5, 5.41) is 6.15. The maximum atomic E-state index is 13.2. The van der Waals surface area contributed by atoms with Crippen LogP contribution in [-0.2, 0) is 16.2 Å². The number of carbonyl (C=O) groups is 1. The zero-order valence-electron chi connectivity index (χ0n) is 37.1. The molecule has 0 saturated carbocycles. The molecule has 5 heterocycles. The van der Waals surface area contributed by atoms with Crippen LogP contribution in [0.4, 0.5) is 0 Å². The van der Waals surface area contributed by atoms with Crippen molar-refractivity contribution in [2.75, 3.05) is 0 Å². The molecule has 0 radical (unpaired) electrons. The van der Waals surface area contributed by atoms with Gasteiger partial charge in [-0.15, -0.1) is 0 Å². The van der Waals surface area contributed by atoms with Gasteiger partial charge in [0.1, 0.15) is 0 Å². The fraction of sp³-hybridized carbons (Fsp3) is 0.211. The first-order valence-corrected chi connectivity index (χ1v) is 21.7. The number of aldehydes is 1. The topological polar surface area (TPSA) is 73.4 Å². The van der Waals surface area contributed by atoms with Crippen molar-refractivity contribution < 1.29 is 4.79 Å². The lowest BCUT2D eigenvalue weighted by molar-refractivity contribution is 0.112. The van der Waals surface area contributed by atoms with E-state index in [1.165, 1.54) is 22.1 Å². The number of hydrogen-bond acceptors (Lipinski definition) is 3. The van der Waals surface area contributed by atoms with E-state index >= 15 is 0 Å². The van der Waals surface area contributed by atoms with Crippen LogP contribution in [0.3, 0.4) is 0 Å². The minimum atomic E-state index is -0.0645. The predicted molar refractivity (Wildman–Crippen MR) is 257 cm³/mol. The Hall–Kier alpha value is -6.85. The molecule has 10 rings (SSSR count). The van der Waals surface area contributed by atoms with Gasteiger partial charge in [-0.2, -0.15) is 0 Å². The van der Waals surface area contributed by atoms with Gasteiger partial charge in [0, 0.05) is 38.2 Å². The molecule has 0 atom stereocenters. The number of rotatable bonds is 4. The molecular weight excluding hydrogens is 757 g/mol. The third kappa shape index (κ3) is 6.59. The van der Waals surface area contributed by atoms with Gasteiger partial charge in [0.25, 0.3) is 0 Å². The molecule has 0 spiro atoms. The summed E-state index contributed by atoms with van der Waals surface area (Å²) in [6, 6.07) is 41.5. The number of benzene rings is 5. The number of carbonyl (C=O) groups excluding carboxylic acids is 1. The van der Waals surface area contributed by atoms with E-state index in [-0.39, 0.29) is 16.2 Å². The molecule has 3 aliphatic heterocycles.